The van der Waals surface area contributed by atoms with Gasteiger partial charge in [-0.25, -0.2) is 4.98 Å². The first-order valence-electron chi connectivity index (χ1n) is 6.42. The van der Waals surface area contributed by atoms with Crippen molar-refractivity contribution in [2.45, 2.75) is 0 Å². The van der Waals surface area contributed by atoms with Crippen molar-refractivity contribution in [3.05, 3.63) is 59.3 Å². The van der Waals surface area contributed by atoms with Crippen LogP contribution in [0.5, 0.6) is 0 Å². The largest absolute Gasteiger partial charge is 0.363 e. The van der Waals surface area contributed by atoms with Gasteiger partial charge >= 0.3 is 0 Å². The Labute approximate surface area is 129 Å². The minimum atomic E-state index is -0.204. The minimum absolute atomic E-state index is 0.204. The maximum atomic E-state index is 11.8. The van der Waals surface area contributed by atoms with Gasteiger partial charge in [0.15, 0.2) is 0 Å². The summed E-state index contributed by atoms with van der Waals surface area (Å²) in [6, 6.07) is 10.9. The van der Waals surface area contributed by atoms with E-state index in [0.717, 1.165) is 11.4 Å². The minimum Gasteiger partial charge on any atom is -0.363 e. The summed E-state index contributed by atoms with van der Waals surface area (Å²) in [4.78, 5) is 17.9. The second kappa shape index (κ2) is 6.90. The summed E-state index contributed by atoms with van der Waals surface area (Å²) in [5, 5.41) is 3.43. The lowest BCUT2D eigenvalue weighted by Crippen LogP contribution is -2.12. The Morgan fingerprint density at radius 3 is 2.48 bits per heavy atom. The van der Waals surface area contributed by atoms with E-state index in [4.69, 9.17) is 11.6 Å². The van der Waals surface area contributed by atoms with Gasteiger partial charge in [0.2, 0.25) is 5.91 Å². The Morgan fingerprint density at radius 2 is 1.90 bits per heavy atom. The number of halogens is 1. The lowest BCUT2D eigenvalue weighted by molar-refractivity contribution is -0.111. The third kappa shape index (κ3) is 4.61. The molecule has 21 heavy (non-hydrogen) atoms. The van der Waals surface area contributed by atoms with Crippen LogP contribution in [0.25, 0.3) is 6.08 Å². The zero-order valence-corrected chi connectivity index (χ0v) is 12.6. The number of rotatable bonds is 4. The Hall–Kier alpha value is -2.33. The summed E-state index contributed by atoms with van der Waals surface area (Å²) < 4.78 is 0. The van der Waals surface area contributed by atoms with Gasteiger partial charge < -0.3 is 10.2 Å². The highest BCUT2D eigenvalue weighted by molar-refractivity contribution is 6.30. The molecule has 108 valence electrons. The zero-order chi connectivity index (χ0) is 15.2. The molecule has 0 atom stereocenters. The van der Waals surface area contributed by atoms with E-state index in [1.807, 2.05) is 43.3 Å². The van der Waals surface area contributed by atoms with E-state index in [0.29, 0.717) is 10.7 Å². The molecule has 1 aromatic heterocycles. The van der Waals surface area contributed by atoms with Crippen LogP contribution in [-0.4, -0.2) is 25.0 Å². The molecule has 0 unspecified atom stereocenters. The van der Waals surface area contributed by atoms with E-state index in [1.165, 1.54) is 6.08 Å². The number of hydrogen-bond donors (Lipinski definition) is 1. The summed E-state index contributed by atoms with van der Waals surface area (Å²) in [5.41, 5.74) is 1.57. The first-order chi connectivity index (χ1) is 10.0. The molecule has 0 saturated carbocycles. The predicted octanol–water partition coefficient (Wildman–Crippen LogP) is 3.45. The van der Waals surface area contributed by atoms with Crippen LogP contribution in [0.2, 0.25) is 5.02 Å². The molecule has 0 fully saturated rings. The first-order valence-corrected chi connectivity index (χ1v) is 6.80. The van der Waals surface area contributed by atoms with Crippen LogP contribution in [0.3, 0.4) is 0 Å². The number of hydrogen-bond acceptors (Lipinski definition) is 3. The van der Waals surface area contributed by atoms with Crippen molar-refractivity contribution in [1.82, 2.24) is 4.98 Å². The van der Waals surface area contributed by atoms with Gasteiger partial charge in [-0.3, -0.25) is 4.79 Å². The molecule has 1 amide bonds. The van der Waals surface area contributed by atoms with Gasteiger partial charge in [-0.15, -0.1) is 0 Å². The van der Waals surface area contributed by atoms with E-state index in [-0.39, 0.29) is 5.91 Å². The molecule has 2 rings (SSSR count). The Balaban J connectivity index is 1.96. The molecule has 0 aliphatic heterocycles. The van der Waals surface area contributed by atoms with Gasteiger partial charge in [0.1, 0.15) is 5.82 Å². The molecule has 1 aromatic carbocycles. The normalized spacial score (nSPS) is 10.6. The average Bonchev–Trinajstić information content (AvgIpc) is 2.47. The van der Waals surface area contributed by atoms with Crippen LogP contribution in [0.15, 0.2) is 48.7 Å². The molecule has 0 aliphatic rings. The average molecular weight is 302 g/mol. The van der Waals surface area contributed by atoms with Crippen LogP contribution in [0.4, 0.5) is 11.5 Å². The molecule has 2 aromatic rings. The fourth-order valence-corrected chi connectivity index (χ4v) is 1.78. The number of benzene rings is 1. The quantitative estimate of drug-likeness (QED) is 0.880. The van der Waals surface area contributed by atoms with Crippen molar-refractivity contribution >= 4 is 35.1 Å². The van der Waals surface area contributed by atoms with Crippen molar-refractivity contribution < 1.29 is 4.79 Å². The van der Waals surface area contributed by atoms with Crippen molar-refractivity contribution in [3.63, 3.8) is 0 Å². The molecular weight excluding hydrogens is 286 g/mol. The summed E-state index contributed by atoms with van der Waals surface area (Å²) in [5.74, 6) is 0.633. The molecule has 5 heteroatoms. The van der Waals surface area contributed by atoms with Gasteiger partial charge in [0.05, 0.1) is 11.9 Å². The highest BCUT2D eigenvalue weighted by Crippen LogP contribution is 2.13. The zero-order valence-electron chi connectivity index (χ0n) is 11.9. The number of carbonyl (C=O) groups is 1. The Bertz CT molecular complexity index is 634. The van der Waals surface area contributed by atoms with Crippen LogP contribution in [0.1, 0.15) is 5.56 Å². The number of anilines is 2. The number of nitrogens with one attached hydrogen (secondary N) is 1. The number of aromatic nitrogens is 1. The molecule has 1 N–H and O–H groups in total. The van der Waals surface area contributed by atoms with Crippen LogP contribution >= 0.6 is 11.6 Å². The predicted molar refractivity (Wildman–Crippen MR) is 87.7 cm³/mol. The molecule has 0 spiro atoms. The maximum Gasteiger partial charge on any atom is 0.248 e. The number of amides is 1. The molecule has 0 bridgehead atoms. The topological polar surface area (TPSA) is 45.2 Å². The van der Waals surface area contributed by atoms with Gasteiger partial charge in [-0.1, -0.05) is 23.7 Å². The SMILES string of the molecule is CN(C)c1ccc(NC(=O)/C=C/c2ccc(Cl)cc2)cn1. The number of carbonyl (C=O) groups excluding carboxylic acids is 1. The van der Waals surface area contributed by atoms with Crippen molar-refractivity contribution in [2.75, 3.05) is 24.3 Å². The molecular formula is C16H16ClN3O. The standard InChI is InChI=1S/C16H16ClN3O/c1-20(2)15-9-8-14(11-18-15)19-16(21)10-5-12-3-6-13(17)7-4-12/h3-11H,1-2H3,(H,19,21)/b10-5+. The maximum absolute atomic E-state index is 11.8. The van der Waals surface area contributed by atoms with Crippen molar-refractivity contribution in [1.29, 1.82) is 0 Å². The molecule has 1 heterocycles. The highest BCUT2D eigenvalue weighted by Gasteiger charge is 2.00. The number of nitrogens with zero attached hydrogens (tertiary/aromatic N) is 2. The summed E-state index contributed by atoms with van der Waals surface area (Å²) >= 11 is 5.80. The third-order valence-electron chi connectivity index (χ3n) is 2.77. The van der Waals surface area contributed by atoms with Crippen molar-refractivity contribution in [3.8, 4) is 0 Å². The van der Waals surface area contributed by atoms with E-state index in [1.54, 1.807) is 24.4 Å². The van der Waals surface area contributed by atoms with Gasteiger partial charge in [-0.05, 0) is 35.9 Å². The fraction of sp³-hybridized carbons (Fsp3) is 0.125. The van der Waals surface area contributed by atoms with Crippen molar-refractivity contribution in [2.24, 2.45) is 0 Å². The lowest BCUT2D eigenvalue weighted by atomic mass is 10.2. The monoisotopic (exact) mass is 301 g/mol. The van der Waals surface area contributed by atoms with Crippen LogP contribution in [0, 0.1) is 0 Å². The van der Waals surface area contributed by atoms with E-state index >= 15 is 0 Å². The Kier molecular flexibility index (Phi) is 4.95. The smallest absolute Gasteiger partial charge is 0.248 e. The first kappa shape index (κ1) is 15.1. The second-order valence-corrected chi connectivity index (χ2v) is 5.11. The summed E-state index contributed by atoms with van der Waals surface area (Å²) in [6.45, 7) is 0. The van der Waals surface area contributed by atoms with Gasteiger partial charge in [-0.2, -0.15) is 0 Å². The molecule has 0 aliphatic carbocycles. The highest BCUT2D eigenvalue weighted by atomic mass is 35.5. The third-order valence-corrected chi connectivity index (χ3v) is 3.02. The van der Waals surface area contributed by atoms with Crippen LogP contribution in [-0.2, 0) is 4.79 Å². The summed E-state index contributed by atoms with van der Waals surface area (Å²) in [6.07, 6.45) is 4.83. The number of pyridine rings is 1. The van der Waals surface area contributed by atoms with Gasteiger partial charge in [0, 0.05) is 25.2 Å². The fourth-order valence-electron chi connectivity index (χ4n) is 1.65. The van der Waals surface area contributed by atoms with E-state index in [9.17, 15) is 4.79 Å². The van der Waals surface area contributed by atoms with E-state index < -0.39 is 0 Å². The summed E-state index contributed by atoms with van der Waals surface area (Å²) in [7, 11) is 3.82. The second-order valence-electron chi connectivity index (χ2n) is 4.67. The van der Waals surface area contributed by atoms with Crippen LogP contribution < -0.4 is 10.2 Å². The van der Waals surface area contributed by atoms with E-state index in [2.05, 4.69) is 10.3 Å². The Morgan fingerprint density at radius 1 is 1.19 bits per heavy atom. The molecule has 0 saturated heterocycles. The molecule has 4 nitrogen and oxygen atoms in total. The molecule has 0 radical (unpaired) electrons. The lowest BCUT2D eigenvalue weighted by Gasteiger charge is -2.11. The van der Waals surface area contributed by atoms with Gasteiger partial charge in [0.25, 0.3) is 0 Å².